The van der Waals surface area contributed by atoms with Crippen LogP contribution in [-0.4, -0.2) is 22.8 Å². The van der Waals surface area contributed by atoms with E-state index in [1.54, 1.807) is 28.0 Å². The molecule has 134 valence electrons. The van der Waals surface area contributed by atoms with Crippen molar-refractivity contribution in [1.29, 1.82) is 0 Å². The zero-order valence-electron chi connectivity index (χ0n) is 14.6. The van der Waals surface area contributed by atoms with Crippen molar-refractivity contribution in [2.45, 2.75) is 24.1 Å². The zero-order valence-corrected chi connectivity index (χ0v) is 17.8. The second kappa shape index (κ2) is 8.84. The number of thioether (sulfide) groups is 1. The maximum Gasteiger partial charge on any atom is 0.253 e. The smallest absolute Gasteiger partial charge is 0.253 e. The van der Waals surface area contributed by atoms with E-state index in [0.717, 1.165) is 31.4 Å². The van der Waals surface area contributed by atoms with Crippen LogP contribution in [0.15, 0.2) is 63.3 Å². The molecule has 0 atom stereocenters. The van der Waals surface area contributed by atoms with Gasteiger partial charge in [0.05, 0.1) is 10.7 Å². The molecule has 0 fully saturated rings. The summed E-state index contributed by atoms with van der Waals surface area (Å²) in [5, 5.41) is 3.19. The topological polar surface area (TPSA) is 33.2 Å². The van der Waals surface area contributed by atoms with E-state index in [9.17, 15) is 4.79 Å². The lowest BCUT2D eigenvalue weighted by atomic mass is 10.1. The summed E-state index contributed by atoms with van der Waals surface area (Å²) >= 11 is 6.94. The Bertz CT molecular complexity index is 893. The second-order valence-corrected chi connectivity index (χ2v) is 8.89. The van der Waals surface area contributed by atoms with Crippen LogP contribution >= 0.6 is 39.0 Å². The predicted molar refractivity (Wildman–Crippen MR) is 113 cm³/mol. The Hall–Kier alpha value is -1.63. The predicted octanol–water partition coefficient (Wildman–Crippen LogP) is 5.78. The van der Waals surface area contributed by atoms with Crippen molar-refractivity contribution in [3.63, 3.8) is 0 Å². The summed E-state index contributed by atoms with van der Waals surface area (Å²) in [5.41, 5.74) is 2.90. The molecule has 6 heteroatoms. The first kappa shape index (κ1) is 19.1. The van der Waals surface area contributed by atoms with Crippen LogP contribution in [0, 0.1) is 6.92 Å². The van der Waals surface area contributed by atoms with Gasteiger partial charge in [0.25, 0.3) is 5.91 Å². The molecule has 0 unspecified atom stereocenters. The van der Waals surface area contributed by atoms with Crippen LogP contribution in [0.2, 0.25) is 0 Å². The van der Waals surface area contributed by atoms with Gasteiger partial charge in [0.1, 0.15) is 0 Å². The number of nitrogens with zero attached hydrogens (tertiary/aromatic N) is 2. The molecule has 26 heavy (non-hydrogen) atoms. The Labute approximate surface area is 170 Å². The van der Waals surface area contributed by atoms with Crippen molar-refractivity contribution in [1.82, 2.24) is 9.88 Å². The average Bonchev–Trinajstić information content (AvgIpc) is 3.07. The molecule has 2 aromatic carbocycles. The first-order valence-electron chi connectivity index (χ1n) is 8.15. The van der Waals surface area contributed by atoms with E-state index in [1.807, 2.05) is 62.5 Å². The zero-order chi connectivity index (χ0) is 18.5. The van der Waals surface area contributed by atoms with Crippen molar-refractivity contribution in [2.24, 2.45) is 0 Å². The molecule has 0 aliphatic heterocycles. The van der Waals surface area contributed by atoms with Crippen molar-refractivity contribution in [3.05, 3.63) is 80.2 Å². The third kappa shape index (κ3) is 4.96. The van der Waals surface area contributed by atoms with Crippen LogP contribution in [0.1, 0.15) is 26.6 Å². The van der Waals surface area contributed by atoms with Gasteiger partial charge in [0.2, 0.25) is 0 Å². The third-order valence-electron chi connectivity index (χ3n) is 3.87. The number of aryl methyl sites for hydroxylation is 1. The fourth-order valence-corrected chi connectivity index (χ4v) is 4.42. The molecule has 0 aliphatic rings. The van der Waals surface area contributed by atoms with Crippen molar-refractivity contribution in [3.8, 4) is 0 Å². The van der Waals surface area contributed by atoms with Gasteiger partial charge in [-0.2, -0.15) is 0 Å². The number of thiazole rings is 1. The van der Waals surface area contributed by atoms with Gasteiger partial charge in [-0.3, -0.25) is 4.79 Å². The van der Waals surface area contributed by atoms with Gasteiger partial charge in [-0.1, -0.05) is 34.1 Å². The molecule has 1 aromatic heterocycles. The van der Waals surface area contributed by atoms with Crippen LogP contribution in [0.3, 0.4) is 0 Å². The van der Waals surface area contributed by atoms with Gasteiger partial charge < -0.3 is 4.90 Å². The first-order valence-corrected chi connectivity index (χ1v) is 10.8. The highest BCUT2D eigenvalue weighted by Gasteiger charge is 2.13. The first-order chi connectivity index (χ1) is 12.5. The number of hydrogen-bond acceptors (Lipinski definition) is 4. The van der Waals surface area contributed by atoms with Crippen molar-refractivity contribution in [2.75, 3.05) is 7.05 Å². The number of rotatable bonds is 6. The Morgan fingerprint density at radius 2 is 1.92 bits per heavy atom. The molecule has 0 saturated carbocycles. The number of benzene rings is 2. The van der Waals surface area contributed by atoms with E-state index < -0.39 is 0 Å². The lowest BCUT2D eigenvalue weighted by molar-refractivity contribution is 0.0785. The number of hydrogen-bond donors (Lipinski definition) is 0. The molecule has 0 radical (unpaired) electrons. The quantitative estimate of drug-likeness (QED) is 0.449. The van der Waals surface area contributed by atoms with Gasteiger partial charge in [0.15, 0.2) is 0 Å². The number of carbonyl (C=O) groups is 1. The van der Waals surface area contributed by atoms with Gasteiger partial charge >= 0.3 is 0 Å². The molecule has 0 N–H and O–H groups in total. The van der Waals surface area contributed by atoms with Gasteiger partial charge in [-0.05, 0) is 42.8 Å². The number of amides is 1. The van der Waals surface area contributed by atoms with E-state index in [2.05, 4.69) is 26.3 Å². The summed E-state index contributed by atoms with van der Waals surface area (Å²) in [5.74, 6) is 0.868. The Kier molecular flexibility index (Phi) is 6.51. The van der Waals surface area contributed by atoms with E-state index in [0.29, 0.717) is 12.1 Å². The van der Waals surface area contributed by atoms with Gasteiger partial charge in [0, 0.05) is 39.7 Å². The number of aromatic nitrogens is 1. The standard InChI is InChI=1S/C20H19BrN2OS2/c1-14-22-17(12-25-14)13-26-18-9-7-15(8-10-18)20(24)23(2)11-16-5-3-4-6-19(16)21/h3-10,12H,11,13H2,1-2H3. The summed E-state index contributed by atoms with van der Waals surface area (Å²) in [6.45, 7) is 2.59. The van der Waals surface area contributed by atoms with Gasteiger partial charge in [-0.15, -0.1) is 23.1 Å². The summed E-state index contributed by atoms with van der Waals surface area (Å²) < 4.78 is 1.02. The lowest BCUT2D eigenvalue weighted by Gasteiger charge is -2.18. The fourth-order valence-electron chi connectivity index (χ4n) is 2.50. The van der Waals surface area contributed by atoms with Crippen LogP contribution in [0.25, 0.3) is 0 Å². The molecule has 1 heterocycles. The number of carbonyl (C=O) groups excluding carboxylic acids is 1. The minimum atomic E-state index is 0.0208. The van der Waals surface area contributed by atoms with Crippen LogP contribution in [0.4, 0.5) is 0 Å². The van der Waals surface area contributed by atoms with Gasteiger partial charge in [-0.25, -0.2) is 4.98 Å². The lowest BCUT2D eigenvalue weighted by Crippen LogP contribution is -2.26. The summed E-state index contributed by atoms with van der Waals surface area (Å²) in [4.78, 5) is 20.0. The normalized spacial score (nSPS) is 10.7. The molecular weight excluding hydrogens is 428 g/mol. The number of halogens is 1. The highest BCUT2D eigenvalue weighted by atomic mass is 79.9. The van der Waals surface area contributed by atoms with E-state index in [4.69, 9.17) is 0 Å². The molecule has 0 spiro atoms. The SMILES string of the molecule is Cc1nc(CSc2ccc(C(=O)N(C)Cc3ccccc3Br)cc2)cs1. The van der Waals surface area contributed by atoms with Crippen LogP contribution < -0.4 is 0 Å². The van der Waals surface area contributed by atoms with E-state index in [-0.39, 0.29) is 5.91 Å². The maximum atomic E-state index is 12.6. The summed E-state index contributed by atoms with van der Waals surface area (Å²) in [6, 6.07) is 15.8. The Balaban J connectivity index is 1.60. The maximum absolute atomic E-state index is 12.6. The van der Waals surface area contributed by atoms with Crippen molar-refractivity contribution >= 4 is 44.9 Å². The molecular formula is C20H19BrN2OS2. The van der Waals surface area contributed by atoms with Crippen LogP contribution in [0.5, 0.6) is 0 Å². The average molecular weight is 447 g/mol. The molecule has 0 aliphatic carbocycles. The Morgan fingerprint density at radius 1 is 1.19 bits per heavy atom. The molecule has 1 amide bonds. The largest absolute Gasteiger partial charge is 0.337 e. The van der Waals surface area contributed by atoms with Crippen LogP contribution in [-0.2, 0) is 12.3 Å². The molecule has 3 aromatic rings. The highest BCUT2D eigenvalue weighted by Crippen LogP contribution is 2.24. The minimum absolute atomic E-state index is 0.0208. The van der Waals surface area contributed by atoms with E-state index >= 15 is 0 Å². The minimum Gasteiger partial charge on any atom is -0.337 e. The monoisotopic (exact) mass is 446 g/mol. The van der Waals surface area contributed by atoms with E-state index in [1.165, 1.54) is 0 Å². The molecule has 0 saturated heterocycles. The Morgan fingerprint density at radius 3 is 2.58 bits per heavy atom. The summed E-state index contributed by atoms with van der Waals surface area (Å²) in [7, 11) is 1.83. The highest BCUT2D eigenvalue weighted by molar-refractivity contribution is 9.10. The molecule has 3 rings (SSSR count). The fraction of sp³-hybridized carbons (Fsp3) is 0.200. The second-order valence-electron chi connectivity index (χ2n) is 5.92. The third-order valence-corrected chi connectivity index (χ3v) is 6.51. The summed E-state index contributed by atoms with van der Waals surface area (Å²) in [6.07, 6.45) is 0. The van der Waals surface area contributed by atoms with Crippen molar-refractivity contribution < 1.29 is 4.79 Å². The molecule has 3 nitrogen and oxygen atoms in total. The molecule has 0 bridgehead atoms.